The second-order valence-electron chi connectivity index (χ2n) is 3.64. The molecule has 3 heteroatoms. The van der Waals surface area contributed by atoms with Crippen molar-refractivity contribution in [1.29, 1.82) is 0 Å². The van der Waals surface area contributed by atoms with Crippen LogP contribution in [0.4, 0.5) is 11.4 Å². The van der Waals surface area contributed by atoms with E-state index in [9.17, 15) is 0 Å². The van der Waals surface area contributed by atoms with Crippen molar-refractivity contribution in [2.24, 2.45) is 0 Å². The summed E-state index contributed by atoms with van der Waals surface area (Å²) < 4.78 is 1.04. The van der Waals surface area contributed by atoms with Crippen molar-refractivity contribution in [2.75, 3.05) is 23.7 Å². The van der Waals surface area contributed by atoms with Gasteiger partial charge in [0.15, 0.2) is 0 Å². The van der Waals surface area contributed by atoms with Gasteiger partial charge in [-0.3, -0.25) is 0 Å². The third kappa shape index (κ3) is 3.42. The molecule has 1 aromatic carbocycles. The molecule has 1 aromatic rings. The van der Waals surface area contributed by atoms with E-state index in [0.29, 0.717) is 0 Å². The zero-order valence-electron chi connectivity index (χ0n) is 9.46. The Bertz CT molecular complexity index is 312. The standard InChI is InChI=1S/C12H19BrN2/c1-3-5-8-15(4-2)12-7-6-10(13)9-11(12)14/h6-7,9H,3-5,8,14H2,1-2H3. The summed E-state index contributed by atoms with van der Waals surface area (Å²) in [5.74, 6) is 0. The van der Waals surface area contributed by atoms with Crippen molar-refractivity contribution in [3.8, 4) is 0 Å². The van der Waals surface area contributed by atoms with Crippen molar-refractivity contribution in [3.05, 3.63) is 22.7 Å². The first-order valence-electron chi connectivity index (χ1n) is 5.49. The van der Waals surface area contributed by atoms with Crippen LogP contribution >= 0.6 is 15.9 Å². The molecule has 0 unspecified atom stereocenters. The smallest absolute Gasteiger partial charge is 0.0600 e. The summed E-state index contributed by atoms with van der Waals surface area (Å²) in [7, 11) is 0. The molecule has 0 saturated heterocycles. The van der Waals surface area contributed by atoms with E-state index >= 15 is 0 Å². The molecule has 0 spiro atoms. The van der Waals surface area contributed by atoms with Crippen LogP contribution in [0.25, 0.3) is 0 Å². The number of nitrogens with two attached hydrogens (primary N) is 1. The van der Waals surface area contributed by atoms with Crippen molar-refractivity contribution in [3.63, 3.8) is 0 Å². The minimum atomic E-state index is 0.849. The van der Waals surface area contributed by atoms with Crippen molar-refractivity contribution in [2.45, 2.75) is 26.7 Å². The maximum Gasteiger partial charge on any atom is 0.0600 e. The average Bonchev–Trinajstić information content (AvgIpc) is 2.21. The minimum Gasteiger partial charge on any atom is -0.397 e. The first-order chi connectivity index (χ1) is 7.19. The molecule has 0 aliphatic carbocycles. The van der Waals surface area contributed by atoms with E-state index in [0.717, 1.165) is 28.9 Å². The van der Waals surface area contributed by atoms with Gasteiger partial charge in [-0.25, -0.2) is 0 Å². The normalized spacial score (nSPS) is 10.3. The third-order valence-electron chi connectivity index (χ3n) is 2.49. The quantitative estimate of drug-likeness (QED) is 0.828. The van der Waals surface area contributed by atoms with E-state index in [4.69, 9.17) is 5.73 Å². The molecule has 0 bridgehead atoms. The molecule has 0 aliphatic rings. The highest BCUT2D eigenvalue weighted by molar-refractivity contribution is 9.10. The maximum atomic E-state index is 6.00. The van der Waals surface area contributed by atoms with Crippen LogP contribution < -0.4 is 10.6 Å². The SMILES string of the molecule is CCCCN(CC)c1ccc(Br)cc1N. The lowest BCUT2D eigenvalue weighted by Crippen LogP contribution is -2.24. The monoisotopic (exact) mass is 270 g/mol. The average molecular weight is 271 g/mol. The number of nitrogens with zero attached hydrogens (tertiary/aromatic N) is 1. The Kier molecular flexibility index (Phi) is 4.95. The lowest BCUT2D eigenvalue weighted by atomic mass is 10.2. The molecule has 0 amide bonds. The molecule has 0 radical (unpaired) electrons. The molecule has 0 fully saturated rings. The first kappa shape index (κ1) is 12.4. The van der Waals surface area contributed by atoms with Gasteiger partial charge in [0.1, 0.15) is 0 Å². The first-order valence-corrected chi connectivity index (χ1v) is 6.28. The number of anilines is 2. The van der Waals surface area contributed by atoms with Crippen molar-refractivity contribution >= 4 is 27.3 Å². The highest BCUT2D eigenvalue weighted by Gasteiger charge is 2.07. The minimum absolute atomic E-state index is 0.849. The topological polar surface area (TPSA) is 29.3 Å². The van der Waals surface area contributed by atoms with Crippen LogP contribution in [0.5, 0.6) is 0 Å². The zero-order valence-corrected chi connectivity index (χ0v) is 11.0. The van der Waals surface area contributed by atoms with Crippen LogP contribution in [0.3, 0.4) is 0 Å². The molecule has 1 rings (SSSR count). The highest BCUT2D eigenvalue weighted by atomic mass is 79.9. The van der Waals surface area contributed by atoms with Gasteiger partial charge in [0.2, 0.25) is 0 Å². The Hall–Kier alpha value is -0.700. The van der Waals surface area contributed by atoms with Gasteiger partial charge in [-0.15, -0.1) is 0 Å². The lowest BCUT2D eigenvalue weighted by molar-refractivity contribution is 0.733. The molecule has 0 heterocycles. The van der Waals surface area contributed by atoms with Crippen molar-refractivity contribution < 1.29 is 0 Å². The van der Waals surface area contributed by atoms with Crippen LogP contribution in [-0.4, -0.2) is 13.1 Å². The van der Waals surface area contributed by atoms with E-state index in [1.807, 2.05) is 12.1 Å². The Morgan fingerprint density at radius 1 is 1.33 bits per heavy atom. The van der Waals surface area contributed by atoms with Crippen LogP contribution in [0, 0.1) is 0 Å². The molecule has 0 aromatic heterocycles. The summed E-state index contributed by atoms with van der Waals surface area (Å²) in [6.07, 6.45) is 2.43. The fourth-order valence-electron chi connectivity index (χ4n) is 1.61. The van der Waals surface area contributed by atoms with Gasteiger partial charge in [-0.2, -0.15) is 0 Å². The molecule has 84 valence electrons. The maximum absolute atomic E-state index is 6.00. The number of halogens is 1. The fraction of sp³-hybridized carbons (Fsp3) is 0.500. The summed E-state index contributed by atoms with van der Waals surface area (Å²) in [4.78, 5) is 2.32. The number of hydrogen-bond acceptors (Lipinski definition) is 2. The van der Waals surface area contributed by atoms with E-state index in [-0.39, 0.29) is 0 Å². The van der Waals surface area contributed by atoms with Gasteiger partial charge in [-0.05, 0) is 31.5 Å². The molecular weight excluding hydrogens is 252 g/mol. The van der Waals surface area contributed by atoms with Crippen LogP contribution in [0.1, 0.15) is 26.7 Å². The second kappa shape index (κ2) is 6.01. The van der Waals surface area contributed by atoms with Gasteiger partial charge in [-0.1, -0.05) is 29.3 Å². The van der Waals surface area contributed by atoms with Gasteiger partial charge >= 0.3 is 0 Å². The Morgan fingerprint density at radius 2 is 2.07 bits per heavy atom. The Morgan fingerprint density at radius 3 is 2.60 bits per heavy atom. The summed E-state index contributed by atoms with van der Waals surface area (Å²) in [6.45, 7) is 6.46. The summed E-state index contributed by atoms with van der Waals surface area (Å²) in [5, 5.41) is 0. The number of hydrogen-bond donors (Lipinski definition) is 1. The molecule has 15 heavy (non-hydrogen) atoms. The van der Waals surface area contributed by atoms with E-state index in [1.165, 1.54) is 12.8 Å². The fourth-order valence-corrected chi connectivity index (χ4v) is 1.99. The van der Waals surface area contributed by atoms with Gasteiger partial charge < -0.3 is 10.6 Å². The highest BCUT2D eigenvalue weighted by Crippen LogP contribution is 2.26. The molecule has 2 nitrogen and oxygen atoms in total. The number of rotatable bonds is 5. The Labute approximate surface area is 101 Å². The molecule has 0 atom stereocenters. The van der Waals surface area contributed by atoms with Gasteiger partial charge in [0, 0.05) is 17.6 Å². The zero-order chi connectivity index (χ0) is 11.3. The van der Waals surface area contributed by atoms with Gasteiger partial charge in [0.25, 0.3) is 0 Å². The predicted octanol–water partition coefficient (Wildman–Crippen LogP) is 3.66. The summed E-state index contributed by atoms with van der Waals surface area (Å²) in [5.41, 5.74) is 7.99. The molecule has 0 saturated carbocycles. The van der Waals surface area contributed by atoms with E-state index < -0.39 is 0 Å². The van der Waals surface area contributed by atoms with E-state index in [2.05, 4.69) is 40.7 Å². The summed E-state index contributed by atoms with van der Waals surface area (Å²) >= 11 is 3.42. The van der Waals surface area contributed by atoms with Gasteiger partial charge in [0.05, 0.1) is 11.4 Å². The second-order valence-corrected chi connectivity index (χ2v) is 4.55. The predicted molar refractivity (Wildman–Crippen MR) is 71.3 cm³/mol. The number of benzene rings is 1. The Balaban J connectivity index is 2.81. The molecule has 2 N–H and O–H groups in total. The van der Waals surface area contributed by atoms with Crippen molar-refractivity contribution in [1.82, 2.24) is 0 Å². The van der Waals surface area contributed by atoms with Crippen LogP contribution in [-0.2, 0) is 0 Å². The number of unbranched alkanes of at least 4 members (excludes halogenated alkanes) is 1. The lowest BCUT2D eigenvalue weighted by Gasteiger charge is -2.24. The number of nitrogen functional groups attached to an aromatic ring is 1. The largest absolute Gasteiger partial charge is 0.397 e. The van der Waals surface area contributed by atoms with Crippen LogP contribution in [0.15, 0.2) is 22.7 Å². The summed E-state index contributed by atoms with van der Waals surface area (Å²) in [6, 6.07) is 6.09. The third-order valence-corrected chi connectivity index (χ3v) is 2.99. The molecule has 0 aliphatic heterocycles. The van der Waals surface area contributed by atoms with Crippen LogP contribution in [0.2, 0.25) is 0 Å². The van der Waals surface area contributed by atoms with E-state index in [1.54, 1.807) is 0 Å². The molecular formula is C12H19BrN2.